The van der Waals surface area contributed by atoms with E-state index < -0.39 is 0 Å². The maximum Gasteiger partial charge on any atom is 0.115 e. The van der Waals surface area contributed by atoms with Crippen LogP contribution in [-0.2, 0) is 4.74 Å². The van der Waals surface area contributed by atoms with Gasteiger partial charge in [0.1, 0.15) is 6.33 Å². The van der Waals surface area contributed by atoms with Crippen LogP contribution in [-0.4, -0.2) is 29.2 Å². The summed E-state index contributed by atoms with van der Waals surface area (Å²) in [6.45, 7) is 10.3. The molecule has 0 aliphatic carbocycles. The van der Waals surface area contributed by atoms with E-state index in [0.717, 1.165) is 25.1 Å². The van der Waals surface area contributed by atoms with Crippen molar-refractivity contribution in [1.82, 2.24) is 15.3 Å². The zero-order valence-corrected chi connectivity index (χ0v) is 11.9. The highest BCUT2D eigenvalue weighted by atomic mass is 16.5. The summed E-state index contributed by atoms with van der Waals surface area (Å²) < 4.78 is 5.90. The van der Waals surface area contributed by atoms with Crippen LogP contribution in [0.5, 0.6) is 0 Å². The van der Waals surface area contributed by atoms with Crippen molar-refractivity contribution in [3.05, 3.63) is 24.3 Å². The Bertz CT molecular complexity index is 316. The third-order valence-corrected chi connectivity index (χ3v) is 2.90. The van der Waals surface area contributed by atoms with Crippen molar-refractivity contribution in [1.29, 1.82) is 0 Å². The number of nitrogens with zero attached hydrogens (tertiary/aromatic N) is 2. The molecule has 0 fully saturated rings. The number of nitrogens with one attached hydrogen (secondary N) is 1. The Labute approximate surface area is 110 Å². The van der Waals surface area contributed by atoms with Gasteiger partial charge in [-0.2, -0.15) is 0 Å². The quantitative estimate of drug-likeness (QED) is 0.771. The van der Waals surface area contributed by atoms with Crippen LogP contribution in [0.1, 0.15) is 45.7 Å². The molecule has 0 aliphatic heterocycles. The zero-order chi connectivity index (χ0) is 13.4. The minimum atomic E-state index is 0.146. The number of aromatic nitrogens is 2. The van der Waals surface area contributed by atoms with Gasteiger partial charge >= 0.3 is 0 Å². The van der Waals surface area contributed by atoms with E-state index >= 15 is 0 Å². The lowest BCUT2D eigenvalue weighted by atomic mass is 9.95. The third-order valence-electron chi connectivity index (χ3n) is 2.90. The second-order valence-corrected chi connectivity index (χ2v) is 4.77. The Hall–Kier alpha value is -1.00. The fourth-order valence-electron chi connectivity index (χ4n) is 2.06. The van der Waals surface area contributed by atoms with Crippen LogP contribution in [0, 0.1) is 5.92 Å². The topological polar surface area (TPSA) is 47.0 Å². The Balaban J connectivity index is 2.88. The molecule has 102 valence electrons. The molecule has 0 saturated heterocycles. The van der Waals surface area contributed by atoms with Crippen molar-refractivity contribution in [2.75, 3.05) is 13.2 Å². The predicted molar refractivity (Wildman–Crippen MR) is 73.3 cm³/mol. The molecule has 4 nitrogen and oxygen atoms in total. The largest absolute Gasteiger partial charge is 0.376 e. The van der Waals surface area contributed by atoms with E-state index in [-0.39, 0.29) is 12.1 Å². The fourth-order valence-corrected chi connectivity index (χ4v) is 2.06. The molecule has 1 aromatic rings. The molecule has 0 radical (unpaired) electrons. The smallest absolute Gasteiger partial charge is 0.115 e. The number of hydrogen-bond donors (Lipinski definition) is 1. The average Bonchev–Trinajstić information content (AvgIpc) is 2.39. The van der Waals surface area contributed by atoms with Crippen molar-refractivity contribution in [3.8, 4) is 0 Å². The molecule has 0 aromatic carbocycles. The minimum absolute atomic E-state index is 0.146. The van der Waals surface area contributed by atoms with Gasteiger partial charge in [-0.05, 0) is 25.8 Å². The molecule has 1 N–H and O–H groups in total. The summed E-state index contributed by atoms with van der Waals surface area (Å²) in [5.41, 5.74) is 1.10. The van der Waals surface area contributed by atoms with E-state index in [4.69, 9.17) is 4.74 Å². The maximum absolute atomic E-state index is 5.90. The van der Waals surface area contributed by atoms with E-state index in [1.807, 2.05) is 19.3 Å². The van der Waals surface area contributed by atoms with Gasteiger partial charge in [-0.1, -0.05) is 20.8 Å². The number of ether oxygens (including phenoxy) is 1. The van der Waals surface area contributed by atoms with Gasteiger partial charge in [0.15, 0.2) is 0 Å². The van der Waals surface area contributed by atoms with Crippen LogP contribution in [0.25, 0.3) is 0 Å². The first-order chi connectivity index (χ1) is 8.70. The summed E-state index contributed by atoms with van der Waals surface area (Å²) in [6, 6.07) is 0.158. The summed E-state index contributed by atoms with van der Waals surface area (Å²) in [5, 5.41) is 3.55. The molecular formula is C14H25N3O. The van der Waals surface area contributed by atoms with Crippen LogP contribution >= 0.6 is 0 Å². The van der Waals surface area contributed by atoms with Crippen LogP contribution in [0.15, 0.2) is 18.7 Å². The normalized spacial score (nSPS) is 14.7. The van der Waals surface area contributed by atoms with Gasteiger partial charge in [0.25, 0.3) is 0 Å². The number of hydrogen-bond acceptors (Lipinski definition) is 4. The molecular weight excluding hydrogens is 226 g/mol. The Morgan fingerprint density at radius 3 is 2.39 bits per heavy atom. The van der Waals surface area contributed by atoms with E-state index in [0.29, 0.717) is 5.92 Å². The van der Waals surface area contributed by atoms with Crippen LogP contribution in [0.3, 0.4) is 0 Å². The van der Waals surface area contributed by atoms with Gasteiger partial charge in [0.2, 0.25) is 0 Å². The van der Waals surface area contributed by atoms with Crippen LogP contribution in [0.4, 0.5) is 0 Å². The van der Waals surface area contributed by atoms with Crippen molar-refractivity contribution in [3.63, 3.8) is 0 Å². The van der Waals surface area contributed by atoms with Gasteiger partial charge in [-0.15, -0.1) is 0 Å². The highest BCUT2D eigenvalue weighted by molar-refractivity contribution is 5.11. The molecule has 0 amide bonds. The van der Waals surface area contributed by atoms with E-state index in [1.54, 1.807) is 6.33 Å². The Morgan fingerprint density at radius 1 is 1.22 bits per heavy atom. The highest BCUT2D eigenvalue weighted by Gasteiger charge is 2.26. The lowest BCUT2D eigenvalue weighted by molar-refractivity contribution is 0.00268. The summed E-state index contributed by atoms with van der Waals surface area (Å²) in [6.07, 6.45) is 6.54. The second kappa shape index (κ2) is 8.16. The van der Waals surface area contributed by atoms with E-state index in [2.05, 4.69) is 36.1 Å². The molecule has 0 spiro atoms. The molecule has 1 aromatic heterocycles. The number of rotatable bonds is 8. The van der Waals surface area contributed by atoms with Crippen LogP contribution in [0.2, 0.25) is 0 Å². The predicted octanol–water partition coefficient (Wildman–Crippen LogP) is 2.58. The molecule has 18 heavy (non-hydrogen) atoms. The molecule has 1 heterocycles. The SMILES string of the molecule is CCCNC(c1cncnc1)C(OCC)C(C)C. The molecule has 1 rings (SSSR count). The standard InChI is InChI=1S/C14H25N3O/c1-5-7-17-13(12-8-15-10-16-9-12)14(11(3)4)18-6-2/h8-11,13-14,17H,5-7H2,1-4H3. The minimum Gasteiger partial charge on any atom is -0.376 e. The first-order valence-electron chi connectivity index (χ1n) is 6.80. The molecule has 0 aliphatic rings. The van der Waals surface area contributed by atoms with Crippen molar-refractivity contribution in [2.24, 2.45) is 5.92 Å². The first kappa shape index (κ1) is 15.1. The van der Waals surface area contributed by atoms with Crippen molar-refractivity contribution in [2.45, 2.75) is 46.3 Å². The van der Waals surface area contributed by atoms with Gasteiger partial charge < -0.3 is 10.1 Å². The van der Waals surface area contributed by atoms with Crippen molar-refractivity contribution >= 4 is 0 Å². The fraction of sp³-hybridized carbons (Fsp3) is 0.714. The van der Waals surface area contributed by atoms with E-state index in [1.165, 1.54) is 0 Å². The molecule has 0 bridgehead atoms. The molecule has 2 unspecified atom stereocenters. The molecule has 2 atom stereocenters. The monoisotopic (exact) mass is 251 g/mol. The molecule has 0 saturated carbocycles. The first-order valence-corrected chi connectivity index (χ1v) is 6.80. The summed E-state index contributed by atoms with van der Waals surface area (Å²) in [4.78, 5) is 8.22. The van der Waals surface area contributed by atoms with Crippen molar-refractivity contribution < 1.29 is 4.74 Å². The zero-order valence-electron chi connectivity index (χ0n) is 11.9. The summed E-state index contributed by atoms with van der Waals surface area (Å²) in [5.74, 6) is 0.444. The Morgan fingerprint density at radius 2 is 1.89 bits per heavy atom. The lowest BCUT2D eigenvalue weighted by Gasteiger charge is -2.30. The summed E-state index contributed by atoms with van der Waals surface area (Å²) in [7, 11) is 0. The van der Waals surface area contributed by atoms with Gasteiger partial charge in [0.05, 0.1) is 12.1 Å². The third kappa shape index (κ3) is 4.35. The molecule has 4 heteroatoms. The Kier molecular flexibility index (Phi) is 6.83. The highest BCUT2D eigenvalue weighted by Crippen LogP contribution is 2.23. The average molecular weight is 251 g/mol. The maximum atomic E-state index is 5.90. The van der Waals surface area contributed by atoms with Gasteiger partial charge in [0, 0.05) is 24.6 Å². The van der Waals surface area contributed by atoms with E-state index in [9.17, 15) is 0 Å². The van der Waals surface area contributed by atoms with Gasteiger partial charge in [-0.3, -0.25) is 0 Å². The summed E-state index contributed by atoms with van der Waals surface area (Å²) >= 11 is 0. The second-order valence-electron chi connectivity index (χ2n) is 4.77. The van der Waals surface area contributed by atoms with Gasteiger partial charge in [-0.25, -0.2) is 9.97 Å². The van der Waals surface area contributed by atoms with Crippen LogP contribution < -0.4 is 5.32 Å². The lowest BCUT2D eigenvalue weighted by Crippen LogP contribution is -2.37.